The second kappa shape index (κ2) is 6.44. The molecule has 1 aliphatic heterocycles. The van der Waals surface area contributed by atoms with E-state index in [0.29, 0.717) is 18.8 Å². The lowest BCUT2D eigenvalue weighted by molar-refractivity contribution is -0.187. The molecule has 2 rings (SSSR count). The average Bonchev–Trinajstić information content (AvgIpc) is 2.39. The zero-order valence-electron chi connectivity index (χ0n) is 11.7. The Kier molecular flexibility index (Phi) is 5.12. The van der Waals surface area contributed by atoms with Crippen LogP contribution < -0.4 is 5.32 Å². The molecular weight excluding hydrogens is 253 g/mol. The first-order chi connectivity index (χ1) is 9.00. The summed E-state index contributed by atoms with van der Waals surface area (Å²) in [6.45, 7) is 2.93. The minimum atomic E-state index is -4.00. The van der Waals surface area contributed by atoms with E-state index in [9.17, 15) is 13.2 Å². The normalized spacial score (nSPS) is 34.4. The van der Waals surface area contributed by atoms with E-state index in [2.05, 4.69) is 10.2 Å². The number of nitrogens with one attached hydrogen (secondary N) is 1. The van der Waals surface area contributed by atoms with Crippen LogP contribution in [0.1, 0.15) is 38.5 Å². The SMILES string of the molecule is CNCC1CCCN(C2CCCC(C(F)(F)F)C2)C1. The molecule has 0 aromatic rings. The van der Waals surface area contributed by atoms with E-state index in [1.165, 1.54) is 6.42 Å². The summed E-state index contributed by atoms with van der Waals surface area (Å²) < 4.78 is 38.6. The summed E-state index contributed by atoms with van der Waals surface area (Å²) in [5.41, 5.74) is 0. The molecular formula is C14H25F3N2. The predicted molar refractivity (Wildman–Crippen MR) is 70.0 cm³/mol. The lowest BCUT2D eigenvalue weighted by Crippen LogP contribution is -2.47. The van der Waals surface area contributed by atoms with Gasteiger partial charge < -0.3 is 10.2 Å². The van der Waals surface area contributed by atoms with E-state index in [1.54, 1.807) is 0 Å². The minimum absolute atomic E-state index is 0.153. The van der Waals surface area contributed by atoms with Gasteiger partial charge in [0.1, 0.15) is 0 Å². The van der Waals surface area contributed by atoms with Crippen molar-refractivity contribution in [1.29, 1.82) is 0 Å². The molecule has 0 radical (unpaired) electrons. The Balaban J connectivity index is 1.90. The molecule has 0 aromatic carbocycles. The third kappa shape index (κ3) is 4.09. The van der Waals surface area contributed by atoms with Gasteiger partial charge in [-0.2, -0.15) is 13.2 Å². The maximum absolute atomic E-state index is 12.9. The van der Waals surface area contributed by atoms with Gasteiger partial charge in [0.25, 0.3) is 0 Å². The Bertz CT molecular complexity index is 278. The van der Waals surface area contributed by atoms with Gasteiger partial charge in [0.05, 0.1) is 5.92 Å². The van der Waals surface area contributed by atoms with Crippen molar-refractivity contribution in [3.8, 4) is 0 Å². The summed E-state index contributed by atoms with van der Waals surface area (Å²) in [6.07, 6.45) is 0.634. The summed E-state index contributed by atoms with van der Waals surface area (Å²) in [6, 6.07) is 0.153. The van der Waals surface area contributed by atoms with Gasteiger partial charge in [-0.25, -0.2) is 0 Å². The average molecular weight is 278 g/mol. The first-order valence-corrected chi connectivity index (χ1v) is 7.46. The minimum Gasteiger partial charge on any atom is -0.319 e. The van der Waals surface area contributed by atoms with Crippen LogP contribution in [0, 0.1) is 11.8 Å². The highest BCUT2D eigenvalue weighted by atomic mass is 19.4. The maximum Gasteiger partial charge on any atom is 0.391 e. The van der Waals surface area contributed by atoms with E-state index in [4.69, 9.17) is 0 Å². The van der Waals surface area contributed by atoms with E-state index >= 15 is 0 Å². The first-order valence-electron chi connectivity index (χ1n) is 7.46. The van der Waals surface area contributed by atoms with Gasteiger partial charge in [-0.15, -0.1) is 0 Å². The number of rotatable bonds is 3. The number of alkyl halides is 3. The maximum atomic E-state index is 12.9. The van der Waals surface area contributed by atoms with Crippen molar-refractivity contribution in [2.24, 2.45) is 11.8 Å². The summed E-state index contributed by atoms with van der Waals surface area (Å²) in [5.74, 6) is -0.471. The molecule has 1 saturated heterocycles. The zero-order chi connectivity index (χ0) is 13.9. The van der Waals surface area contributed by atoms with Gasteiger partial charge in [0.15, 0.2) is 0 Å². The highest BCUT2D eigenvalue weighted by molar-refractivity contribution is 4.86. The van der Waals surface area contributed by atoms with Gasteiger partial charge >= 0.3 is 6.18 Å². The number of nitrogens with zero attached hydrogens (tertiary/aromatic N) is 1. The van der Waals surface area contributed by atoms with E-state index in [0.717, 1.165) is 38.9 Å². The molecule has 0 spiro atoms. The smallest absolute Gasteiger partial charge is 0.319 e. The summed E-state index contributed by atoms with van der Waals surface area (Å²) in [5, 5.41) is 3.19. The van der Waals surface area contributed by atoms with Crippen molar-refractivity contribution in [2.45, 2.75) is 50.7 Å². The number of piperidine rings is 1. The molecule has 112 valence electrons. The Labute approximate surface area is 113 Å². The van der Waals surface area contributed by atoms with Crippen molar-refractivity contribution in [3.63, 3.8) is 0 Å². The van der Waals surface area contributed by atoms with Crippen molar-refractivity contribution >= 4 is 0 Å². The molecule has 19 heavy (non-hydrogen) atoms. The number of halogens is 3. The van der Waals surface area contributed by atoms with Crippen LogP contribution in [-0.2, 0) is 0 Å². The van der Waals surface area contributed by atoms with Gasteiger partial charge in [-0.05, 0) is 58.2 Å². The zero-order valence-corrected chi connectivity index (χ0v) is 11.7. The van der Waals surface area contributed by atoms with Gasteiger partial charge in [-0.1, -0.05) is 6.42 Å². The van der Waals surface area contributed by atoms with Crippen LogP contribution in [0.3, 0.4) is 0 Å². The van der Waals surface area contributed by atoms with Crippen molar-refractivity contribution < 1.29 is 13.2 Å². The van der Waals surface area contributed by atoms with Crippen molar-refractivity contribution in [3.05, 3.63) is 0 Å². The molecule has 0 aromatic heterocycles. The molecule has 2 fully saturated rings. The fourth-order valence-corrected chi connectivity index (χ4v) is 3.68. The van der Waals surface area contributed by atoms with E-state index in [-0.39, 0.29) is 6.04 Å². The summed E-state index contributed by atoms with van der Waals surface area (Å²) in [7, 11) is 1.94. The van der Waals surface area contributed by atoms with Gasteiger partial charge in [0.2, 0.25) is 0 Å². The Hall–Kier alpha value is -0.290. The Morgan fingerprint density at radius 1 is 1.16 bits per heavy atom. The molecule has 3 atom stereocenters. The van der Waals surface area contributed by atoms with Crippen molar-refractivity contribution in [1.82, 2.24) is 10.2 Å². The van der Waals surface area contributed by atoms with Crippen LogP contribution in [0.2, 0.25) is 0 Å². The second-order valence-electron chi connectivity index (χ2n) is 6.12. The predicted octanol–water partition coefficient (Wildman–Crippen LogP) is 3.04. The third-order valence-corrected chi connectivity index (χ3v) is 4.67. The lowest BCUT2D eigenvalue weighted by atomic mass is 9.83. The largest absolute Gasteiger partial charge is 0.391 e. The Morgan fingerprint density at radius 2 is 1.95 bits per heavy atom. The molecule has 1 heterocycles. The van der Waals surface area contributed by atoms with Crippen molar-refractivity contribution in [2.75, 3.05) is 26.7 Å². The quantitative estimate of drug-likeness (QED) is 0.853. The van der Waals surface area contributed by atoms with Crippen LogP contribution >= 0.6 is 0 Å². The molecule has 3 unspecified atom stereocenters. The molecule has 2 aliphatic rings. The first kappa shape index (κ1) is 15.1. The van der Waals surface area contributed by atoms with Crippen LogP contribution in [-0.4, -0.2) is 43.8 Å². The van der Waals surface area contributed by atoms with Crippen LogP contribution in [0.4, 0.5) is 13.2 Å². The fourth-order valence-electron chi connectivity index (χ4n) is 3.68. The number of likely N-dealkylation sites (tertiary alicyclic amines) is 1. The molecule has 5 heteroatoms. The van der Waals surface area contributed by atoms with Crippen LogP contribution in [0.15, 0.2) is 0 Å². The Morgan fingerprint density at radius 3 is 2.63 bits per heavy atom. The monoisotopic (exact) mass is 278 g/mol. The fraction of sp³-hybridized carbons (Fsp3) is 1.00. The number of hydrogen-bond acceptors (Lipinski definition) is 2. The van der Waals surface area contributed by atoms with Crippen LogP contribution in [0.5, 0.6) is 0 Å². The molecule has 1 aliphatic carbocycles. The third-order valence-electron chi connectivity index (χ3n) is 4.67. The lowest BCUT2D eigenvalue weighted by Gasteiger charge is -2.42. The molecule has 1 saturated carbocycles. The number of hydrogen-bond donors (Lipinski definition) is 1. The van der Waals surface area contributed by atoms with E-state index < -0.39 is 12.1 Å². The molecule has 1 N–H and O–H groups in total. The molecule has 0 amide bonds. The summed E-state index contributed by atoms with van der Waals surface area (Å²) >= 11 is 0. The topological polar surface area (TPSA) is 15.3 Å². The molecule has 2 nitrogen and oxygen atoms in total. The standard InChI is InChI=1S/C14H25F3N2/c1-18-9-11-4-3-7-19(10-11)13-6-2-5-12(8-13)14(15,16)17/h11-13,18H,2-10H2,1H3. The highest BCUT2D eigenvalue weighted by Crippen LogP contribution is 2.39. The van der Waals surface area contributed by atoms with Gasteiger partial charge in [0, 0.05) is 12.6 Å². The van der Waals surface area contributed by atoms with Gasteiger partial charge in [-0.3, -0.25) is 0 Å². The van der Waals surface area contributed by atoms with E-state index in [1.807, 2.05) is 7.05 Å². The summed E-state index contributed by atoms with van der Waals surface area (Å²) in [4.78, 5) is 2.32. The highest BCUT2D eigenvalue weighted by Gasteiger charge is 2.43. The van der Waals surface area contributed by atoms with Crippen LogP contribution in [0.25, 0.3) is 0 Å². The molecule has 0 bridgehead atoms. The second-order valence-corrected chi connectivity index (χ2v) is 6.12.